The van der Waals surface area contributed by atoms with Crippen molar-refractivity contribution in [3.63, 3.8) is 0 Å². The molecule has 0 amide bonds. The third-order valence-electron chi connectivity index (χ3n) is 1.73. The van der Waals surface area contributed by atoms with Gasteiger partial charge in [-0.1, -0.05) is 30.3 Å². The lowest BCUT2D eigenvalue weighted by Gasteiger charge is -2.05. The van der Waals surface area contributed by atoms with E-state index in [2.05, 4.69) is 4.74 Å². The number of hydrogen-bond donors (Lipinski definition) is 1. The molecule has 1 aromatic carbocycles. The van der Waals surface area contributed by atoms with Crippen molar-refractivity contribution in [2.75, 3.05) is 13.4 Å². The van der Waals surface area contributed by atoms with Crippen LogP contribution in [0.2, 0.25) is 0 Å². The minimum atomic E-state index is -0.453. The van der Waals surface area contributed by atoms with Crippen LogP contribution >= 0.6 is 0 Å². The molecule has 0 saturated heterocycles. The second-order valence-corrected chi connectivity index (χ2v) is 2.94. The van der Waals surface area contributed by atoms with Gasteiger partial charge in [0.1, 0.15) is 0 Å². The van der Waals surface area contributed by atoms with Crippen LogP contribution < -0.4 is 0 Å². The van der Waals surface area contributed by atoms with Crippen molar-refractivity contribution in [2.45, 2.75) is 13.0 Å². The summed E-state index contributed by atoms with van der Waals surface area (Å²) in [6, 6.07) is 9.60. The maximum absolute atomic E-state index is 10.8. The first-order valence-electron chi connectivity index (χ1n) is 4.71. The highest BCUT2D eigenvalue weighted by atomic mass is 16.7. The SMILES string of the molecule is O=C(CCO)OCOCc1ccccc1. The van der Waals surface area contributed by atoms with Crippen molar-refractivity contribution in [1.82, 2.24) is 0 Å². The molecule has 0 aliphatic rings. The van der Waals surface area contributed by atoms with Gasteiger partial charge in [0.05, 0.1) is 19.6 Å². The molecule has 0 aliphatic carbocycles. The lowest BCUT2D eigenvalue weighted by atomic mass is 10.2. The Morgan fingerprint density at radius 2 is 2.00 bits per heavy atom. The largest absolute Gasteiger partial charge is 0.438 e. The number of carbonyl (C=O) groups is 1. The van der Waals surface area contributed by atoms with Gasteiger partial charge in [-0.3, -0.25) is 4.79 Å². The smallest absolute Gasteiger partial charge is 0.310 e. The Labute approximate surface area is 88.4 Å². The summed E-state index contributed by atoms with van der Waals surface area (Å²) in [7, 11) is 0. The minimum Gasteiger partial charge on any atom is -0.438 e. The third-order valence-corrected chi connectivity index (χ3v) is 1.73. The summed E-state index contributed by atoms with van der Waals surface area (Å²) in [5, 5.41) is 8.43. The van der Waals surface area contributed by atoms with E-state index in [0.717, 1.165) is 5.56 Å². The van der Waals surface area contributed by atoms with Crippen LogP contribution in [0.4, 0.5) is 0 Å². The number of benzene rings is 1. The van der Waals surface area contributed by atoms with E-state index in [1.807, 2.05) is 30.3 Å². The first-order valence-corrected chi connectivity index (χ1v) is 4.71. The van der Waals surface area contributed by atoms with Gasteiger partial charge >= 0.3 is 5.97 Å². The van der Waals surface area contributed by atoms with E-state index in [4.69, 9.17) is 9.84 Å². The minimum absolute atomic E-state index is 0.00863. The number of carbonyl (C=O) groups excluding carboxylic acids is 1. The predicted molar refractivity (Wildman–Crippen MR) is 53.9 cm³/mol. The molecule has 1 N–H and O–H groups in total. The Balaban J connectivity index is 2.10. The zero-order valence-electron chi connectivity index (χ0n) is 8.39. The van der Waals surface area contributed by atoms with Crippen LogP contribution in [-0.2, 0) is 20.9 Å². The molecule has 4 heteroatoms. The van der Waals surface area contributed by atoms with Crippen molar-refractivity contribution in [3.05, 3.63) is 35.9 Å². The Hall–Kier alpha value is -1.39. The molecule has 15 heavy (non-hydrogen) atoms. The molecule has 0 aromatic heterocycles. The fourth-order valence-corrected chi connectivity index (χ4v) is 1.00. The number of ether oxygens (including phenoxy) is 2. The van der Waals surface area contributed by atoms with Crippen LogP contribution in [0.15, 0.2) is 30.3 Å². The molecule has 1 aromatic rings. The molecule has 0 heterocycles. The summed E-state index contributed by atoms with van der Waals surface area (Å²) in [5.41, 5.74) is 1.02. The maximum Gasteiger partial charge on any atom is 0.310 e. The van der Waals surface area contributed by atoms with Gasteiger partial charge in [0.25, 0.3) is 0 Å². The Morgan fingerprint density at radius 1 is 1.27 bits per heavy atom. The van der Waals surface area contributed by atoms with Gasteiger partial charge in [0.2, 0.25) is 0 Å². The fourth-order valence-electron chi connectivity index (χ4n) is 1.00. The summed E-state index contributed by atoms with van der Waals surface area (Å²) >= 11 is 0. The Kier molecular flexibility index (Phi) is 5.43. The van der Waals surface area contributed by atoms with Crippen molar-refractivity contribution >= 4 is 5.97 Å². The van der Waals surface area contributed by atoms with Gasteiger partial charge in [0.15, 0.2) is 6.79 Å². The van der Waals surface area contributed by atoms with Crippen molar-refractivity contribution in [3.8, 4) is 0 Å². The second-order valence-electron chi connectivity index (χ2n) is 2.94. The van der Waals surface area contributed by atoms with Crippen LogP contribution in [0.25, 0.3) is 0 Å². The summed E-state index contributed by atoms with van der Waals surface area (Å²) in [4.78, 5) is 10.8. The van der Waals surface area contributed by atoms with Gasteiger partial charge in [-0.05, 0) is 5.56 Å². The first kappa shape index (κ1) is 11.7. The summed E-state index contributed by atoms with van der Waals surface area (Å²) < 4.78 is 9.79. The molecule has 82 valence electrons. The van der Waals surface area contributed by atoms with Crippen LogP contribution in [-0.4, -0.2) is 24.5 Å². The van der Waals surface area contributed by atoms with Crippen molar-refractivity contribution in [1.29, 1.82) is 0 Å². The summed E-state index contributed by atoms with van der Waals surface area (Å²) in [6.45, 7) is 0.137. The highest BCUT2D eigenvalue weighted by Gasteiger charge is 2.00. The highest BCUT2D eigenvalue weighted by Crippen LogP contribution is 2.00. The van der Waals surface area contributed by atoms with E-state index in [-0.39, 0.29) is 19.8 Å². The number of rotatable bonds is 6. The molecule has 1 rings (SSSR count). The lowest BCUT2D eigenvalue weighted by Crippen LogP contribution is -2.09. The molecule has 0 fully saturated rings. The standard InChI is InChI=1S/C11H14O4/c12-7-6-11(13)15-9-14-8-10-4-2-1-3-5-10/h1-5,12H,6-9H2. The normalized spacial score (nSPS) is 9.93. The predicted octanol–water partition coefficient (Wildman–Crippen LogP) is 1.09. The molecule has 0 aliphatic heterocycles. The fraction of sp³-hybridized carbons (Fsp3) is 0.364. The topological polar surface area (TPSA) is 55.8 Å². The molecule has 0 unspecified atom stereocenters. The van der Waals surface area contributed by atoms with E-state index in [0.29, 0.717) is 6.61 Å². The van der Waals surface area contributed by atoms with Crippen LogP contribution in [0, 0.1) is 0 Å². The maximum atomic E-state index is 10.8. The zero-order valence-corrected chi connectivity index (χ0v) is 8.39. The molecule has 0 radical (unpaired) electrons. The van der Waals surface area contributed by atoms with Crippen molar-refractivity contribution in [2.24, 2.45) is 0 Å². The molecule has 4 nitrogen and oxygen atoms in total. The number of hydrogen-bond acceptors (Lipinski definition) is 4. The quantitative estimate of drug-likeness (QED) is 0.434. The molecular formula is C11H14O4. The lowest BCUT2D eigenvalue weighted by molar-refractivity contribution is -0.157. The molecular weight excluding hydrogens is 196 g/mol. The molecule has 0 bridgehead atoms. The van der Waals surface area contributed by atoms with E-state index in [1.165, 1.54) is 0 Å². The molecule has 0 saturated carbocycles. The van der Waals surface area contributed by atoms with E-state index in [9.17, 15) is 4.79 Å². The van der Waals surface area contributed by atoms with Crippen LogP contribution in [0.3, 0.4) is 0 Å². The monoisotopic (exact) mass is 210 g/mol. The van der Waals surface area contributed by atoms with Gasteiger partial charge in [0, 0.05) is 0 Å². The van der Waals surface area contributed by atoms with Gasteiger partial charge < -0.3 is 14.6 Å². The van der Waals surface area contributed by atoms with Gasteiger partial charge in [-0.25, -0.2) is 0 Å². The number of esters is 1. The Bertz CT molecular complexity index is 284. The average Bonchev–Trinajstić information content (AvgIpc) is 2.26. The number of aliphatic hydroxyl groups excluding tert-OH is 1. The van der Waals surface area contributed by atoms with Gasteiger partial charge in [-0.2, -0.15) is 0 Å². The zero-order chi connectivity index (χ0) is 10.9. The Morgan fingerprint density at radius 3 is 2.67 bits per heavy atom. The van der Waals surface area contributed by atoms with Crippen molar-refractivity contribution < 1.29 is 19.4 Å². The second kappa shape index (κ2) is 6.98. The third kappa shape index (κ3) is 5.15. The summed E-state index contributed by atoms with van der Waals surface area (Å²) in [5.74, 6) is -0.453. The number of aliphatic hydroxyl groups is 1. The molecule has 0 spiro atoms. The van der Waals surface area contributed by atoms with Gasteiger partial charge in [-0.15, -0.1) is 0 Å². The van der Waals surface area contributed by atoms with E-state index >= 15 is 0 Å². The highest BCUT2D eigenvalue weighted by molar-refractivity contribution is 5.69. The average molecular weight is 210 g/mol. The van der Waals surface area contributed by atoms with Crippen LogP contribution in [0.5, 0.6) is 0 Å². The van der Waals surface area contributed by atoms with E-state index < -0.39 is 5.97 Å². The summed E-state index contributed by atoms with van der Waals surface area (Å²) in [6.07, 6.45) is 0.00863. The van der Waals surface area contributed by atoms with E-state index in [1.54, 1.807) is 0 Å². The first-order chi connectivity index (χ1) is 7.33. The molecule has 0 atom stereocenters. The van der Waals surface area contributed by atoms with Crippen LogP contribution in [0.1, 0.15) is 12.0 Å².